The van der Waals surface area contributed by atoms with Crippen LogP contribution in [0.5, 0.6) is 5.75 Å². The number of aromatic nitrogens is 2. The number of nitrogens with zero attached hydrogens (tertiary/aromatic N) is 5. The molecule has 1 fully saturated rings. The highest BCUT2D eigenvalue weighted by atomic mass is 16.6. The first kappa shape index (κ1) is 23.4. The highest BCUT2D eigenvalue weighted by Crippen LogP contribution is 2.32. The fourth-order valence-corrected chi connectivity index (χ4v) is 4.81. The summed E-state index contributed by atoms with van der Waals surface area (Å²) in [6.45, 7) is 5.39. The maximum atomic E-state index is 11.9. The number of nitro groups is 1. The number of rotatable bonds is 7. The van der Waals surface area contributed by atoms with Crippen LogP contribution < -0.4 is 9.80 Å². The fraction of sp³-hybridized carbons (Fsp3) is 0.250. The Morgan fingerprint density at radius 3 is 2.03 bits per heavy atom. The van der Waals surface area contributed by atoms with Crippen molar-refractivity contribution in [3.05, 3.63) is 100 Å². The van der Waals surface area contributed by atoms with E-state index >= 15 is 0 Å². The molecule has 4 aromatic rings. The minimum atomic E-state index is -0.357. The number of aromatic hydroxyl groups is 1. The molecule has 8 heteroatoms. The number of hydrogen-bond acceptors (Lipinski definition) is 6. The highest BCUT2D eigenvalue weighted by Gasteiger charge is 2.32. The van der Waals surface area contributed by atoms with Gasteiger partial charge in [0.25, 0.3) is 0 Å². The maximum absolute atomic E-state index is 11.9. The molecule has 0 saturated carbocycles. The Labute approximate surface area is 210 Å². The van der Waals surface area contributed by atoms with Crippen molar-refractivity contribution < 1.29 is 10.0 Å². The number of phenols is 1. The van der Waals surface area contributed by atoms with Gasteiger partial charge < -0.3 is 25.0 Å². The molecule has 0 amide bonds. The van der Waals surface area contributed by atoms with Crippen LogP contribution in [0.15, 0.2) is 78.9 Å². The molecular weight excluding hydrogens is 454 g/mol. The van der Waals surface area contributed by atoms with Crippen LogP contribution >= 0.6 is 0 Å². The Morgan fingerprint density at radius 1 is 0.861 bits per heavy atom. The van der Waals surface area contributed by atoms with Gasteiger partial charge >= 0.3 is 5.82 Å². The van der Waals surface area contributed by atoms with Crippen molar-refractivity contribution in [2.45, 2.75) is 19.9 Å². The van der Waals surface area contributed by atoms with Crippen LogP contribution in [0.3, 0.4) is 0 Å². The molecule has 8 nitrogen and oxygen atoms in total. The fourth-order valence-electron chi connectivity index (χ4n) is 4.81. The van der Waals surface area contributed by atoms with E-state index in [4.69, 9.17) is 0 Å². The summed E-state index contributed by atoms with van der Waals surface area (Å²) in [5.41, 5.74) is 4.35. The highest BCUT2D eigenvalue weighted by molar-refractivity contribution is 5.67. The normalized spacial score (nSPS) is 13.7. The Balaban J connectivity index is 1.35. The van der Waals surface area contributed by atoms with Crippen molar-refractivity contribution in [1.29, 1.82) is 0 Å². The first-order chi connectivity index (χ1) is 17.5. The summed E-state index contributed by atoms with van der Waals surface area (Å²) in [6, 6.07) is 25.6. The number of imidazole rings is 1. The van der Waals surface area contributed by atoms with Gasteiger partial charge in [0, 0.05) is 38.3 Å². The molecule has 3 aromatic carbocycles. The predicted molar refractivity (Wildman–Crippen MR) is 142 cm³/mol. The quantitative estimate of drug-likeness (QED) is 0.291. The van der Waals surface area contributed by atoms with E-state index in [1.165, 1.54) is 0 Å². The molecule has 0 aliphatic carbocycles. The number of hydrogen-bond donors (Lipinski definition) is 1. The predicted octanol–water partition coefficient (Wildman–Crippen LogP) is 5.10. The summed E-state index contributed by atoms with van der Waals surface area (Å²) >= 11 is 0. The van der Waals surface area contributed by atoms with Gasteiger partial charge in [0.1, 0.15) is 5.75 Å². The molecule has 1 saturated heterocycles. The minimum absolute atomic E-state index is 0.0607. The Hall–Kier alpha value is -4.33. The zero-order valence-electron chi connectivity index (χ0n) is 20.2. The molecule has 0 unspecified atom stereocenters. The largest absolute Gasteiger partial charge is 0.508 e. The lowest BCUT2D eigenvalue weighted by atomic mass is 10.0. The van der Waals surface area contributed by atoms with Crippen molar-refractivity contribution in [3.63, 3.8) is 0 Å². The van der Waals surface area contributed by atoms with Gasteiger partial charge in [0.15, 0.2) is 0 Å². The van der Waals surface area contributed by atoms with E-state index in [9.17, 15) is 15.2 Å². The first-order valence-corrected chi connectivity index (χ1v) is 12.2. The summed E-state index contributed by atoms with van der Waals surface area (Å²) in [6.07, 6.45) is 0.626. The molecular formula is C28H29N5O3. The monoisotopic (exact) mass is 483 g/mol. The molecule has 184 valence electrons. The molecule has 0 atom stereocenters. The maximum Gasteiger partial charge on any atom is 0.406 e. The molecule has 0 radical (unpaired) electrons. The lowest BCUT2D eigenvalue weighted by Gasteiger charge is -2.37. The van der Waals surface area contributed by atoms with E-state index in [1.807, 2.05) is 54.0 Å². The standard InChI is InChI=1S/C28H29N5O3/c1-2-26-29-27(33(35)36)28(32(26)20-21-6-4-3-5-7-21)31-18-16-30(17-19-31)24-12-8-22(9-13-24)23-10-14-25(34)15-11-23/h3-15,34H,2,16-20H2,1H3. The summed E-state index contributed by atoms with van der Waals surface area (Å²) in [5.74, 6) is 1.52. The van der Waals surface area contributed by atoms with Crippen LogP contribution in [0.1, 0.15) is 18.3 Å². The van der Waals surface area contributed by atoms with Gasteiger partial charge in [0.05, 0.1) is 6.54 Å². The lowest BCUT2D eigenvalue weighted by Crippen LogP contribution is -2.47. The summed E-state index contributed by atoms with van der Waals surface area (Å²) < 4.78 is 2.01. The van der Waals surface area contributed by atoms with Gasteiger partial charge in [-0.2, -0.15) is 0 Å². The summed E-state index contributed by atoms with van der Waals surface area (Å²) in [5, 5.41) is 21.5. The number of piperazine rings is 1. The first-order valence-electron chi connectivity index (χ1n) is 12.2. The van der Waals surface area contributed by atoms with E-state index in [1.54, 1.807) is 12.1 Å². The molecule has 1 N–H and O–H groups in total. The molecule has 5 rings (SSSR count). The Bertz CT molecular complexity index is 1330. The van der Waals surface area contributed by atoms with Gasteiger partial charge in [-0.3, -0.25) is 4.57 Å². The molecule has 2 heterocycles. The molecule has 0 bridgehead atoms. The van der Waals surface area contributed by atoms with E-state index in [0.29, 0.717) is 31.9 Å². The third-order valence-corrected chi connectivity index (χ3v) is 6.69. The van der Waals surface area contributed by atoms with Crippen LogP contribution in [0.4, 0.5) is 17.3 Å². The average molecular weight is 484 g/mol. The van der Waals surface area contributed by atoms with Crippen LogP contribution in [0.25, 0.3) is 11.1 Å². The van der Waals surface area contributed by atoms with Gasteiger partial charge in [-0.1, -0.05) is 61.5 Å². The van der Waals surface area contributed by atoms with E-state index in [-0.39, 0.29) is 16.5 Å². The third kappa shape index (κ3) is 4.75. The molecule has 0 spiro atoms. The van der Waals surface area contributed by atoms with Gasteiger partial charge in [0.2, 0.25) is 11.6 Å². The zero-order valence-corrected chi connectivity index (χ0v) is 20.2. The van der Waals surface area contributed by atoms with Crippen molar-refractivity contribution in [2.24, 2.45) is 0 Å². The van der Waals surface area contributed by atoms with Gasteiger partial charge in [-0.05, 0) is 50.9 Å². The Kier molecular flexibility index (Phi) is 6.58. The van der Waals surface area contributed by atoms with E-state index in [0.717, 1.165) is 41.3 Å². The van der Waals surface area contributed by atoms with Crippen molar-refractivity contribution in [1.82, 2.24) is 9.55 Å². The minimum Gasteiger partial charge on any atom is -0.508 e. The SMILES string of the molecule is CCc1nc([N+](=O)[O-])c(N2CCN(c3ccc(-c4ccc(O)cc4)cc3)CC2)n1Cc1ccccc1. The molecule has 36 heavy (non-hydrogen) atoms. The zero-order chi connectivity index (χ0) is 25.1. The van der Waals surface area contributed by atoms with Crippen LogP contribution in [0, 0.1) is 10.1 Å². The molecule has 1 aromatic heterocycles. The van der Waals surface area contributed by atoms with E-state index < -0.39 is 0 Å². The summed E-state index contributed by atoms with van der Waals surface area (Å²) in [7, 11) is 0. The lowest BCUT2D eigenvalue weighted by molar-refractivity contribution is -0.388. The van der Waals surface area contributed by atoms with E-state index in [2.05, 4.69) is 39.0 Å². The van der Waals surface area contributed by atoms with Crippen molar-refractivity contribution in [2.75, 3.05) is 36.0 Å². The smallest absolute Gasteiger partial charge is 0.406 e. The average Bonchev–Trinajstić information content (AvgIpc) is 3.28. The second kappa shape index (κ2) is 10.1. The van der Waals surface area contributed by atoms with Gasteiger partial charge in [-0.25, -0.2) is 0 Å². The third-order valence-electron chi connectivity index (χ3n) is 6.69. The van der Waals surface area contributed by atoms with Crippen LogP contribution in [-0.4, -0.2) is 45.8 Å². The Morgan fingerprint density at radius 2 is 1.44 bits per heavy atom. The van der Waals surface area contributed by atoms with Crippen LogP contribution in [-0.2, 0) is 13.0 Å². The second-order valence-corrected chi connectivity index (χ2v) is 8.93. The van der Waals surface area contributed by atoms with Crippen molar-refractivity contribution in [3.8, 4) is 16.9 Å². The number of anilines is 2. The summed E-state index contributed by atoms with van der Waals surface area (Å²) in [4.78, 5) is 20.4. The topological polar surface area (TPSA) is 87.7 Å². The van der Waals surface area contributed by atoms with Gasteiger partial charge in [-0.15, -0.1) is 0 Å². The molecule has 1 aliphatic rings. The number of aryl methyl sites for hydroxylation is 1. The van der Waals surface area contributed by atoms with Crippen molar-refractivity contribution >= 4 is 17.3 Å². The number of phenolic OH excluding ortho intramolecular Hbond substituents is 1. The second-order valence-electron chi connectivity index (χ2n) is 8.93. The number of benzene rings is 3. The molecule has 1 aliphatic heterocycles. The van der Waals surface area contributed by atoms with Crippen LogP contribution in [0.2, 0.25) is 0 Å².